The summed E-state index contributed by atoms with van der Waals surface area (Å²) in [4.78, 5) is 23.5. The summed E-state index contributed by atoms with van der Waals surface area (Å²) in [5, 5.41) is 1.68. The molecule has 2 heterocycles. The van der Waals surface area contributed by atoms with Crippen LogP contribution in [0.15, 0.2) is 52.3 Å². The number of hydrogen-bond acceptors (Lipinski definition) is 5. The van der Waals surface area contributed by atoms with E-state index in [1.54, 1.807) is 18.5 Å². The Morgan fingerprint density at radius 1 is 1.19 bits per heavy atom. The second-order valence-corrected chi connectivity index (χ2v) is 8.00. The number of carbonyl (C=O) groups is 1. The average Bonchev–Trinajstić information content (AvgIpc) is 3.34. The fourth-order valence-electron chi connectivity index (χ4n) is 3.75. The van der Waals surface area contributed by atoms with E-state index in [1.807, 2.05) is 36.2 Å². The summed E-state index contributed by atoms with van der Waals surface area (Å²) in [7, 11) is 1.88. The fraction of sp³-hybridized carbons (Fsp3) is 0.381. The highest BCUT2D eigenvalue weighted by Crippen LogP contribution is 2.32. The first-order chi connectivity index (χ1) is 13.2. The molecule has 0 spiro atoms. The number of para-hydroxylation sites is 1. The molecule has 0 saturated heterocycles. The SMILES string of the molecule is CN(CC1CCCC1)C(=O)c1oc2ccccc2c1CSc1ncccn1. The third-order valence-electron chi connectivity index (χ3n) is 5.13. The summed E-state index contributed by atoms with van der Waals surface area (Å²) in [6, 6.07) is 9.62. The second kappa shape index (κ2) is 8.13. The van der Waals surface area contributed by atoms with Gasteiger partial charge in [-0.05, 0) is 30.9 Å². The number of rotatable bonds is 6. The molecule has 0 N–H and O–H groups in total. The molecule has 0 bridgehead atoms. The van der Waals surface area contributed by atoms with Crippen LogP contribution in [0, 0.1) is 5.92 Å². The smallest absolute Gasteiger partial charge is 0.289 e. The van der Waals surface area contributed by atoms with Gasteiger partial charge in [-0.3, -0.25) is 4.79 Å². The van der Waals surface area contributed by atoms with Crippen molar-refractivity contribution in [1.82, 2.24) is 14.9 Å². The number of aromatic nitrogens is 2. The van der Waals surface area contributed by atoms with Crippen LogP contribution in [-0.2, 0) is 5.75 Å². The topological polar surface area (TPSA) is 59.2 Å². The Bertz CT molecular complexity index is 920. The molecular weight excluding hydrogens is 358 g/mol. The Morgan fingerprint density at radius 2 is 1.93 bits per heavy atom. The van der Waals surface area contributed by atoms with E-state index in [1.165, 1.54) is 37.4 Å². The Hall–Kier alpha value is -2.34. The van der Waals surface area contributed by atoms with Crippen molar-refractivity contribution in [2.75, 3.05) is 13.6 Å². The van der Waals surface area contributed by atoms with Crippen LogP contribution in [0.25, 0.3) is 11.0 Å². The molecule has 0 atom stereocenters. The second-order valence-electron chi connectivity index (χ2n) is 7.06. The lowest BCUT2D eigenvalue weighted by Gasteiger charge is -2.20. The monoisotopic (exact) mass is 381 g/mol. The largest absolute Gasteiger partial charge is 0.451 e. The van der Waals surface area contributed by atoms with Gasteiger partial charge in [0, 0.05) is 42.7 Å². The minimum atomic E-state index is -0.0392. The summed E-state index contributed by atoms with van der Waals surface area (Å²) in [5.41, 5.74) is 1.67. The third-order valence-corrected chi connectivity index (χ3v) is 6.04. The molecule has 1 saturated carbocycles. The highest BCUT2D eigenvalue weighted by atomic mass is 32.2. The molecule has 4 rings (SSSR count). The molecule has 0 radical (unpaired) electrons. The van der Waals surface area contributed by atoms with Crippen LogP contribution in [0.5, 0.6) is 0 Å². The zero-order valence-electron chi connectivity index (χ0n) is 15.4. The van der Waals surface area contributed by atoms with Crippen molar-refractivity contribution in [3.8, 4) is 0 Å². The third kappa shape index (κ3) is 4.00. The van der Waals surface area contributed by atoms with Gasteiger partial charge < -0.3 is 9.32 Å². The van der Waals surface area contributed by atoms with Crippen molar-refractivity contribution in [1.29, 1.82) is 0 Å². The van der Waals surface area contributed by atoms with Crippen LogP contribution in [0.2, 0.25) is 0 Å². The zero-order chi connectivity index (χ0) is 18.6. The first-order valence-electron chi connectivity index (χ1n) is 9.38. The van der Waals surface area contributed by atoms with E-state index in [4.69, 9.17) is 4.42 Å². The summed E-state index contributed by atoms with van der Waals surface area (Å²) < 4.78 is 5.99. The van der Waals surface area contributed by atoms with Gasteiger partial charge in [0.2, 0.25) is 0 Å². The number of nitrogens with zero attached hydrogens (tertiary/aromatic N) is 3. The minimum absolute atomic E-state index is 0.0392. The van der Waals surface area contributed by atoms with E-state index in [-0.39, 0.29) is 5.91 Å². The van der Waals surface area contributed by atoms with Gasteiger partial charge in [0.1, 0.15) is 5.58 Å². The molecule has 1 aromatic carbocycles. The molecular formula is C21H23N3O2S. The van der Waals surface area contributed by atoms with Crippen molar-refractivity contribution in [2.24, 2.45) is 5.92 Å². The van der Waals surface area contributed by atoms with Crippen LogP contribution in [0.1, 0.15) is 41.8 Å². The molecule has 27 heavy (non-hydrogen) atoms. The van der Waals surface area contributed by atoms with Gasteiger partial charge in [0.15, 0.2) is 10.9 Å². The number of furan rings is 1. The molecule has 1 aliphatic carbocycles. The van der Waals surface area contributed by atoms with Gasteiger partial charge >= 0.3 is 0 Å². The van der Waals surface area contributed by atoms with Gasteiger partial charge in [0.25, 0.3) is 5.91 Å². The summed E-state index contributed by atoms with van der Waals surface area (Å²) in [6.07, 6.45) is 8.43. The first-order valence-corrected chi connectivity index (χ1v) is 10.4. The molecule has 1 amide bonds. The molecule has 0 unspecified atom stereocenters. The number of hydrogen-bond donors (Lipinski definition) is 0. The van der Waals surface area contributed by atoms with Crippen LogP contribution < -0.4 is 0 Å². The summed E-state index contributed by atoms with van der Waals surface area (Å²) in [5.74, 6) is 1.61. The van der Waals surface area contributed by atoms with Gasteiger partial charge in [-0.2, -0.15) is 0 Å². The number of amides is 1. The number of thioether (sulfide) groups is 1. The van der Waals surface area contributed by atoms with Crippen LogP contribution in [0.3, 0.4) is 0 Å². The minimum Gasteiger partial charge on any atom is -0.451 e. The average molecular weight is 382 g/mol. The fourth-order valence-corrected chi connectivity index (χ4v) is 4.58. The summed E-state index contributed by atoms with van der Waals surface area (Å²) in [6.45, 7) is 0.796. The number of carbonyl (C=O) groups excluding carboxylic acids is 1. The standard InChI is InChI=1S/C21H23N3O2S/c1-24(13-15-7-2-3-8-15)20(25)19-17(14-27-21-22-11-6-12-23-21)16-9-4-5-10-18(16)26-19/h4-6,9-12,15H,2-3,7-8,13-14H2,1H3. The van der Waals surface area contributed by atoms with E-state index < -0.39 is 0 Å². The predicted molar refractivity (Wildman–Crippen MR) is 107 cm³/mol. The van der Waals surface area contributed by atoms with Gasteiger partial charge in [-0.1, -0.05) is 42.8 Å². The van der Waals surface area contributed by atoms with Crippen molar-refractivity contribution in [2.45, 2.75) is 36.6 Å². The highest BCUT2D eigenvalue weighted by Gasteiger charge is 2.26. The quantitative estimate of drug-likeness (QED) is 0.454. The molecule has 140 valence electrons. The Balaban J connectivity index is 1.59. The van der Waals surface area contributed by atoms with Crippen molar-refractivity contribution in [3.05, 3.63) is 54.0 Å². The van der Waals surface area contributed by atoms with Gasteiger partial charge in [-0.25, -0.2) is 9.97 Å². The number of benzene rings is 1. The maximum atomic E-state index is 13.1. The molecule has 1 aliphatic rings. The van der Waals surface area contributed by atoms with E-state index in [2.05, 4.69) is 9.97 Å². The molecule has 3 aromatic rings. The summed E-state index contributed by atoms with van der Waals surface area (Å²) >= 11 is 1.52. The van der Waals surface area contributed by atoms with Crippen LogP contribution >= 0.6 is 11.8 Å². The maximum absolute atomic E-state index is 13.1. The van der Waals surface area contributed by atoms with E-state index in [0.717, 1.165) is 23.1 Å². The van der Waals surface area contributed by atoms with Crippen molar-refractivity contribution < 1.29 is 9.21 Å². The van der Waals surface area contributed by atoms with Gasteiger partial charge in [0.05, 0.1) is 0 Å². The maximum Gasteiger partial charge on any atom is 0.289 e. The van der Waals surface area contributed by atoms with E-state index >= 15 is 0 Å². The Labute approximate surface area is 163 Å². The Morgan fingerprint density at radius 3 is 2.70 bits per heavy atom. The zero-order valence-corrected chi connectivity index (χ0v) is 16.2. The predicted octanol–water partition coefficient (Wildman–Crippen LogP) is 4.78. The lowest BCUT2D eigenvalue weighted by molar-refractivity contribution is 0.0743. The first kappa shape index (κ1) is 18.0. The van der Waals surface area contributed by atoms with Crippen molar-refractivity contribution >= 4 is 28.6 Å². The molecule has 5 nitrogen and oxygen atoms in total. The molecule has 0 aliphatic heterocycles. The molecule has 1 fully saturated rings. The molecule has 6 heteroatoms. The van der Waals surface area contributed by atoms with E-state index in [0.29, 0.717) is 22.6 Å². The van der Waals surface area contributed by atoms with Crippen LogP contribution in [-0.4, -0.2) is 34.4 Å². The van der Waals surface area contributed by atoms with Crippen LogP contribution in [0.4, 0.5) is 0 Å². The molecule has 2 aromatic heterocycles. The highest BCUT2D eigenvalue weighted by molar-refractivity contribution is 7.98. The Kier molecular flexibility index (Phi) is 5.43. The van der Waals surface area contributed by atoms with Crippen molar-refractivity contribution in [3.63, 3.8) is 0 Å². The van der Waals surface area contributed by atoms with Gasteiger partial charge in [-0.15, -0.1) is 0 Å². The lowest BCUT2D eigenvalue weighted by Crippen LogP contribution is -2.31. The van der Waals surface area contributed by atoms with E-state index in [9.17, 15) is 4.79 Å². The normalized spacial score (nSPS) is 14.7. The number of fused-ring (bicyclic) bond motifs is 1. The lowest BCUT2D eigenvalue weighted by atomic mass is 10.1.